The van der Waals surface area contributed by atoms with Crippen LogP contribution in [-0.2, 0) is 0 Å². The fraction of sp³-hybridized carbons (Fsp3) is 0.318. The molecule has 0 atom stereocenters. The molecule has 2 aromatic carbocycles. The maximum Gasteiger partial charge on any atom is 0.0876 e. The maximum absolute atomic E-state index is 9.37. The molecule has 1 N–H and O–H groups in total. The molecule has 1 aliphatic rings. The minimum absolute atomic E-state index is 0.842. The number of unbranched alkanes of at least 4 members (excludes halogenated alkanes) is 2. The fourth-order valence-corrected chi connectivity index (χ4v) is 3.49. The Labute approximate surface area is 144 Å². The Morgan fingerprint density at radius 2 is 1.50 bits per heavy atom. The second kappa shape index (κ2) is 7.96. The topological polar surface area (TPSA) is 32.6 Å². The molecule has 0 amide bonds. The predicted octanol–water partition coefficient (Wildman–Crippen LogP) is 6.31. The van der Waals surface area contributed by atoms with E-state index in [-0.39, 0.29) is 0 Å². The average Bonchev–Trinajstić information content (AvgIpc) is 3.06. The summed E-state index contributed by atoms with van der Waals surface area (Å²) in [5, 5.41) is 12.9. The van der Waals surface area contributed by atoms with Crippen LogP contribution < -0.4 is 0 Å². The molecule has 0 aliphatic heterocycles. The number of benzene rings is 2. The largest absolute Gasteiger partial charge is 0.411 e. The third kappa shape index (κ3) is 3.59. The molecule has 0 heterocycles. The number of allylic oxidation sites excluding steroid dienone is 2. The first-order valence-corrected chi connectivity index (χ1v) is 8.92. The van der Waals surface area contributed by atoms with Gasteiger partial charge in [0.15, 0.2) is 0 Å². The Kier molecular flexibility index (Phi) is 5.47. The lowest BCUT2D eigenvalue weighted by molar-refractivity contribution is 0.319. The zero-order valence-electron chi connectivity index (χ0n) is 14.3. The van der Waals surface area contributed by atoms with Crippen LogP contribution in [0.4, 0.5) is 0 Å². The second-order valence-corrected chi connectivity index (χ2v) is 6.43. The van der Waals surface area contributed by atoms with Crippen LogP contribution in [0, 0.1) is 0 Å². The van der Waals surface area contributed by atoms with E-state index in [1.165, 1.54) is 47.1 Å². The molecule has 2 nitrogen and oxygen atoms in total. The molecule has 0 fully saturated rings. The molecule has 0 spiro atoms. The van der Waals surface area contributed by atoms with E-state index < -0.39 is 0 Å². The Morgan fingerprint density at radius 3 is 2.17 bits per heavy atom. The van der Waals surface area contributed by atoms with Crippen molar-refractivity contribution in [2.45, 2.75) is 45.4 Å². The van der Waals surface area contributed by atoms with E-state index in [9.17, 15) is 5.21 Å². The van der Waals surface area contributed by atoms with Crippen molar-refractivity contribution in [3.8, 4) is 11.1 Å². The molecule has 0 radical (unpaired) electrons. The van der Waals surface area contributed by atoms with Crippen LogP contribution in [0.25, 0.3) is 16.7 Å². The number of oxime groups is 1. The van der Waals surface area contributed by atoms with E-state index in [2.05, 4.69) is 60.6 Å². The average molecular weight is 319 g/mol. The molecule has 0 bridgehead atoms. The third-order valence-electron chi connectivity index (χ3n) is 4.79. The predicted molar refractivity (Wildman–Crippen MR) is 101 cm³/mol. The van der Waals surface area contributed by atoms with Crippen molar-refractivity contribution in [3.63, 3.8) is 0 Å². The van der Waals surface area contributed by atoms with E-state index in [0.29, 0.717) is 0 Å². The number of hydrogen-bond donors (Lipinski definition) is 1. The summed E-state index contributed by atoms with van der Waals surface area (Å²) >= 11 is 0. The first kappa shape index (κ1) is 16.5. The van der Waals surface area contributed by atoms with E-state index in [4.69, 9.17) is 0 Å². The van der Waals surface area contributed by atoms with Gasteiger partial charge in [0.2, 0.25) is 0 Å². The van der Waals surface area contributed by atoms with Crippen LogP contribution in [-0.4, -0.2) is 10.9 Å². The van der Waals surface area contributed by atoms with Crippen LogP contribution in [0.1, 0.15) is 51.0 Å². The molecule has 0 aromatic heterocycles. The number of rotatable bonds is 6. The summed E-state index contributed by atoms with van der Waals surface area (Å²) in [6.07, 6.45) is 6.70. The molecule has 0 saturated carbocycles. The monoisotopic (exact) mass is 319 g/mol. The van der Waals surface area contributed by atoms with Gasteiger partial charge in [0, 0.05) is 5.57 Å². The lowest BCUT2D eigenvalue weighted by Crippen LogP contribution is -1.97. The Morgan fingerprint density at radius 1 is 0.833 bits per heavy atom. The van der Waals surface area contributed by atoms with Gasteiger partial charge < -0.3 is 5.21 Å². The normalized spacial score (nSPS) is 16.1. The molecule has 0 unspecified atom stereocenters. The van der Waals surface area contributed by atoms with E-state index in [1.807, 2.05) is 6.07 Å². The van der Waals surface area contributed by atoms with Gasteiger partial charge in [0.25, 0.3) is 0 Å². The third-order valence-corrected chi connectivity index (χ3v) is 4.79. The molecule has 2 aromatic rings. The number of nitrogens with zero attached hydrogens (tertiary/aromatic N) is 1. The van der Waals surface area contributed by atoms with Gasteiger partial charge in [-0.25, -0.2) is 0 Å². The van der Waals surface area contributed by atoms with Gasteiger partial charge in [-0.15, -0.1) is 0 Å². The maximum atomic E-state index is 9.37. The minimum Gasteiger partial charge on any atom is -0.411 e. The quantitative estimate of drug-likeness (QED) is 0.377. The number of hydrogen-bond acceptors (Lipinski definition) is 2. The summed E-state index contributed by atoms with van der Waals surface area (Å²) < 4.78 is 0. The highest BCUT2D eigenvalue weighted by atomic mass is 16.4. The van der Waals surface area contributed by atoms with Gasteiger partial charge in [-0.05, 0) is 42.4 Å². The van der Waals surface area contributed by atoms with Gasteiger partial charge >= 0.3 is 0 Å². The van der Waals surface area contributed by atoms with Crippen LogP contribution in [0.2, 0.25) is 0 Å². The Balaban J connectivity index is 1.88. The zero-order chi connectivity index (χ0) is 16.8. The summed E-state index contributed by atoms with van der Waals surface area (Å²) in [6.45, 7) is 2.23. The van der Waals surface area contributed by atoms with Crippen LogP contribution in [0.3, 0.4) is 0 Å². The highest BCUT2D eigenvalue weighted by Gasteiger charge is 2.22. The lowest BCUT2D eigenvalue weighted by atomic mass is 9.95. The first-order chi connectivity index (χ1) is 11.8. The molecule has 24 heavy (non-hydrogen) atoms. The molecule has 0 saturated heterocycles. The SMILES string of the molecule is CCCCCC1=C(c2ccc(-c3ccccc3)cc2)C(=NO)CC1. The van der Waals surface area contributed by atoms with Crippen molar-refractivity contribution in [2.24, 2.45) is 5.16 Å². The van der Waals surface area contributed by atoms with Gasteiger partial charge in [0.1, 0.15) is 0 Å². The molecular weight excluding hydrogens is 294 g/mol. The van der Waals surface area contributed by atoms with Crippen LogP contribution >= 0.6 is 0 Å². The van der Waals surface area contributed by atoms with Gasteiger partial charge in [-0.2, -0.15) is 0 Å². The van der Waals surface area contributed by atoms with Gasteiger partial charge in [-0.3, -0.25) is 0 Å². The summed E-state index contributed by atoms with van der Waals surface area (Å²) in [7, 11) is 0. The summed E-state index contributed by atoms with van der Waals surface area (Å²) in [6, 6.07) is 19.1. The Bertz CT molecular complexity index is 726. The van der Waals surface area contributed by atoms with E-state index in [0.717, 1.165) is 25.0 Å². The van der Waals surface area contributed by atoms with Gasteiger partial charge in [0.05, 0.1) is 5.71 Å². The first-order valence-electron chi connectivity index (χ1n) is 8.92. The Hall–Kier alpha value is -2.35. The molecular formula is C22H25NO. The summed E-state index contributed by atoms with van der Waals surface area (Å²) in [5.41, 5.74) is 7.08. The molecule has 124 valence electrons. The van der Waals surface area contributed by atoms with E-state index in [1.54, 1.807) is 0 Å². The highest BCUT2D eigenvalue weighted by molar-refractivity contribution is 6.26. The van der Waals surface area contributed by atoms with Crippen LogP contribution in [0.15, 0.2) is 65.3 Å². The van der Waals surface area contributed by atoms with Crippen molar-refractivity contribution in [2.75, 3.05) is 0 Å². The summed E-state index contributed by atoms with van der Waals surface area (Å²) in [4.78, 5) is 0. The van der Waals surface area contributed by atoms with Crippen molar-refractivity contribution in [1.29, 1.82) is 0 Å². The van der Waals surface area contributed by atoms with E-state index >= 15 is 0 Å². The van der Waals surface area contributed by atoms with Crippen molar-refractivity contribution in [3.05, 3.63) is 65.7 Å². The zero-order valence-corrected chi connectivity index (χ0v) is 14.3. The minimum atomic E-state index is 0.842. The second-order valence-electron chi connectivity index (χ2n) is 6.43. The van der Waals surface area contributed by atoms with Gasteiger partial charge in [-0.1, -0.05) is 85.1 Å². The molecule has 2 heteroatoms. The fourth-order valence-electron chi connectivity index (χ4n) is 3.49. The molecule has 3 rings (SSSR count). The smallest absolute Gasteiger partial charge is 0.0876 e. The van der Waals surface area contributed by atoms with Crippen molar-refractivity contribution < 1.29 is 5.21 Å². The lowest BCUT2D eigenvalue weighted by Gasteiger charge is -2.09. The standard InChI is InChI=1S/C22H25NO/c1-2-3-5-10-19-15-16-21(23-24)22(19)20-13-11-18(12-14-20)17-8-6-4-7-9-17/h4,6-9,11-14,24H,2-3,5,10,15-16H2,1H3. The van der Waals surface area contributed by atoms with Crippen LogP contribution in [0.5, 0.6) is 0 Å². The van der Waals surface area contributed by atoms with Crippen molar-refractivity contribution >= 4 is 11.3 Å². The molecule has 1 aliphatic carbocycles. The summed E-state index contributed by atoms with van der Waals surface area (Å²) in [5.74, 6) is 0. The highest BCUT2D eigenvalue weighted by Crippen LogP contribution is 2.35. The van der Waals surface area contributed by atoms with Crippen molar-refractivity contribution in [1.82, 2.24) is 0 Å².